The van der Waals surface area contributed by atoms with Gasteiger partial charge in [-0.3, -0.25) is 4.79 Å². The van der Waals surface area contributed by atoms with Gasteiger partial charge in [-0.1, -0.05) is 31.2 Å². The van der Waals surface area contributed by atoms with E-state index in [4.69, 9.17) is 14.1 Å². The molecule has 1 aromatic heterocycles. The molecule has 202 valence electrons. The van der Waals surface area contributed by atoms with Gasteiger partial charge in [-0.05, 0) is 79.1 Å². The lowest BCUT2D eigenvalue weighted by molar-refractivity contribution is -0.136. The number of aryl methyl sites for hydroxylation is 2. The van der Waals surface area contributed by atoms with Crippen molar-refractivity contribution < 1.29 is 19.1 Å². The second-order valence-corrected chi connectivity index (χ2v) is 11.0. The van der Waals surface area contributed by atoms with Gasteiger partial charge in [-0.25, -0.2) is 4.98 Å². The minimum absolute atomic E-state index is 0.116. The SMILES string of the molecule is CCSc1ccc(N2CCc3c(OCCc4nc(-c5ccccc5)oc4C)ccc(CCC(=O)O)c3C2)cc1. The van der Waals surface area contributed by atoms with Gasteiger partial charge >= 0.3 is 5.97 Å². The molecule has 0 spiro atoms. The zero-order valence-electron chi connectivity index (χ0n) is 22.5. The Morgan fingerprint density at radius 2 is 1.85 bits per heavy atom. The van der Waals surface area contributed by atoms with E-state index in [0.717, 1.165) is 53.6 Å². The first-order valence-corrected chi connectivity index (χ1v) is 14.5. The number of thioether (sulfide) groups is 1. The van der Waals surface area contributed by atoms with Crippen LogP contribution in [0.3, 0.4) is 0 Å². The number of benzene rings is 3. The van der Waals surface area contributed by atoms with Gasteiger partial charge in [0.15, 0.2) is 0 Å². The van der Waals surface area contributed by atoms with Crippen molar-refractivity contribution in [2.45, 2.75) is 51.0 Å². The smallest absolute Gasteiger partial charge is 0.303 e. The summed E-state index contributed by atoms with van der Waals surface area (Å²) in [7, 11) is 0. The van der Waals surface area contributed by atoms with Crippen LogP contribution in [-0.2, 0) is 30.6 Å². The maximum Gasteiger partial charge on any atom is 0.303 e. The molecule has 0 atom stereocenters. The quantitative estimate of drug-likeness (QED) is 0.205. The maximum absolute atomic E-state index is 11.3. The summed E-state index contributed by atoms with van der Waals surface area (Å²) < 4.78 is 12.2. The lowest BCUT2D eigenvalue weighted by Gasteiger charge is -2.33. The number of anilines is 1. The van der Waals surface area contributed by atoms with Crippen molar-refractivity contribution in [1.29, 1.82) is 0 Å². The highest BCUT2D eigenvalue weighted by molar-refractivity contribution is 7.99. The van der Waals surface area contributed by atoms with Gasteiger partial charge in [-0.15, -0.1) is 11.8 Å². The Bertz CT molecular complexity index is 1420. The molecule has 2 heterocycles. The molecule has 0 amide bonds. The standard InChI is InChI=1S/C32H34N2O4S/c1-3-39-26-13-11-25(12-14-26)34-19-17-27-28(21-34)23(10-16-31(35)36)9-15-30(27)37-20-18-29-22(2)38-32(33-29)24-7-5-4-6-8-24/h4-9,11-15H,3,10,16-21H2,1-2H3,(H,35,36). The van der Waals surface area contributed by atoms with Gasteiger partial charge in [0, 0.05) is 47.6 Å². The summed E-state index contributed by atoms with van der Waals surface area (Å²) in [5, 5.41) is 9.30. The van der Waals surface area contributed by atoms with E-state index in [2.05, 4.69) is 36.1 Å². The molecule has 0 unspecified atom stereocenters. The lowest BCUT2D eigenvalue weighted by atomic mass is 9.91. The zero-order valence-corrected chi connectivity index (χ0v) is 23.3. The number of oxazole rings is 1. The molecule has 7 heteroatoms. The summed E-state index contributed by atoms with van der Waals surface area (Å²) >= 11 is 1.84. The van der Waals surface area contributed by atoms with Gasteiger partial charge in [0.25, 0.3) is 0 Å². The third kappa shape index (κ3) is 6.48. The van der Waals surface area contributed by atoms with Crippen LogP contribution >= 0.6 is 11.8 Å². The van der Waals surface area contributed by atoms with Crippen LogP contribution in [0, 0.1) is 6.92 Å². The van der Waals surface area contributed by atoms with Crippen molar-refractivity contribution >= 4 is 23.4 Å². The van der Waals surface area contributed by atoms with Crippen LogP contribution in [0.1, 0.15) is 41.5 Å². The molecule has 6 nitrogen and oxygen atoms in total. The van der Waals surface area contributed by atoms with E-state index in [1.165, 1.54) is 21.7 Å². The molecule has 0 bridgehead atoms. The number of fused-ring (bicyclic) bond motifs is 1. The van der Waals surface area contributed by atoms with Crippen LogP contribution in [0.4, 0.5) is 5.69 Å². The van der Waals surface area contributed by atoms with Crippen molar-refractivity contribution in [1.82, 2.24) is 4.98 Å². The molecule has 0 fully saturated rings. The fourth-order valence-corrected chi connectivity index (χ4v) is 5.74. The largest absolute Gasteiger partial charge is 0.493 e. The van der Waals surface area contributed by atoms with E-state index in [1.54, 1.807) is 0 Å². The van der Waals surface area contributed by atoms with Crippen LogP contribution in [0.2, 0.25) is 0 Å². The van der Waals surface area contributed by atoms with Crippen LogP contribution in [0.25, 0.3) is 11.5 Å². The van der Waals surface area contributed by atoms with Crippen molar-refractivity contribution in [2.24, 2.45) is 0 Å². The highest BCUT2D eigenvalue weighted by Crippen LogP contribution is 2.34. The molecule has 1 N–H and O–H groups in total. The number of ether oxygens (including phenoxy) is 1. The molecule has 4 aromatic rings. The molecule has 1 aliphatic heterocycles. The normalized spacial score (nSPS) is 12.8. The molecule has 1 aliphatic rings. The predicted molar refractivity (Wildman–Crippen MR) is 156 cm³/mol. The zero-order chi connectivity index (χ0) is 27.2. The fourth-order valence-electron chi connectivity index (χ4n) is 5.08. The third-order valence-electron chi connectivity index (χ3n) is 7.10. The number of carboxylic acids is 1. The predicted octanol–water partition coefficient (Wildman–Crippen LogP) is 6.96. The molecule has 3 aromatic carbocycles. The Morgan fingerprint density at radius 1 is 1.05 bits per heavy atom. The first kappa shape index (κ1) is 26.9. The molecule has 39 heavy (non-hydrogen) atoms. The molecule has 0 saturated carbocycles. The number of carbonyl (C=O) groups is 1. The molecule has 5 rings (SSSR count). The third-order valence-corrected chi connectivity index (χ3v) is 7.99. The van der Waals surface area contributed by atoms with E-state index < -0.39 is 5.97 Å². The second-order valence-electron chi connectivity index (χ2n) is 9.66. The average Bonchev–Trinajstić information content (AvgIpc) is 3.33. The topological polar surface area (TPSA) is 75.8 Å². The summed E-state index contributed by atoms with van der Waals surface area (Å²) in [4.78, 5) is 19.7. The van der Waals surface area contributed by atoms with Gasteiger partial charge in [0.05, 0.1) is 12.3 Å². The minimum atomic E-state index is -0.779. The van der Waals surface area contributed by atoms with E-state index in [9.17, 15) is 9.90 Å². The van der Waals surface area contributed by atoms with Crippen LogP contribution in [-0.4, -0.2) is 35.0 Å². The Labute approximate surface area is 234 Å². The lowest BCUT2D eigenvalue weighted by Crippen LogP contribution is -2.31. The van der Waals surface area contributed by atoms with Gasteiger partial charge in [-0.2, -0.15) is 0 Å². The monoisotopic (exact) mass is 542 g/mol. The molecule has 0 aliphatic carbocycles. The van der Waals surface area contributed by atoms with Gasteiger partial charge < -0.3 is 19.2 Å². The fraction of sp³-hybridized carbons (Fsp3) is 0.312. The number of aliphatic carboxylic acids is 1. The first-order chi connectivity index (χ1) is 19.0. The summed E-state index contributed by atoms with van der Waals surface area (Å²) in [5.41, 5.74) is 6.51. The number of carboxylic acid groups (broad SMARTS) is 1. The first-order valence-electron chi connectivity index (χ1n) is 13.5. The number of nitrogens with zero attached hydrogens (tertiary/aromatic N) is 2. The van der Waals surface area contributed by atoms with Crippen LogP contribution in [0.5, 0.6) is 5.75 Å². The summed E-state index contributed by atoms with van der Waals surface area (Å²) in [6, 6.07) is 22.7. The average molecular weight is 543 g/mol. The highest BCUT2D eigenvalue weighted by Gasteiger charge is 2.23. The highest BCUT2D eigenvalue weighted by atomic mass is 32.2. The summed E-state index contributed by atoms with van der Waals surface area (Å²) in [5.74, 6) is 2.59. The van der Waals surface area contributed by atoms with Gasteiger partial charge in [0.2, 0.25) is 5.89 Å². The molecule has 0 radical (unpaired) electrons. The second kappa shape index (κ2) is 12.4. The Morgan fingerprint density at radius 3 is 2.59 bits per heavy atom. The Hall–Kier alpha value is -3.71. The number of hydrogen-bond acceptors (Lipinski definition) is 6. The number of rotatable bonds is 11. The van der Waals surface area contributed by atoms with E-state index in [0.29, 0.717) is 25.3 Å². The van der Waals surface area contributed by atoms with E-state index >= 15 is 0 Å². The van der Waals surface area contributed by atoms with Crippen molar-refractivity contribution in [3.63, 3.8) is 0 Å². The minimum Gasteiger partial charge on any atom is -0.493 e. The van der Waals surface area contributed by atoms with Crippen molar-refractivity contribution in [2.75, 3.05) is 23.8 Å². The number of aromatic nitrogens is 1. The van der Waals surface area contributed by atoms with E-state index in [-0.39, 0.29) is 6.42 Å². The summed E-state index contributed by atoms with van der Waals surface area (Å²) in [6.07, 6.45) is 2.12. The molecular weight excluding hydrogens is 508 g/mol. The maximum atomic E-state index is 11.3. The van der Waals surface area contributed by atoms with Gasteiger partial charge in [0.1, 0.15) is 11.5 Å². The Kier molecular flexibility index (Phi) is 8.57. The van der Waals surface area contributed by atoms with E-state index in [1.807, 2.05) is 61.2 Å². The molecular formula is C32H34N2O4S. The van der Waals surface area contributed by atoms with Crippen molar-refractivity contribution in [3.8, 4) is 17.2 Å². The molecule has 0 saturated heterocycles. The number of hydrogen-bond donors (Lipinski definition) is 1. The van der Waals surface area contributed by atoms with Crippen LogP contribution in [0.15, 0.2) is 76.0 Å². The van der Waals surface area contributed by atoms with Crippen LogP contribution < -0.4 is 9.64 Å². The van der Waals surface area contributed by atoms with Crippen molar-refractivity contribution in [3.05, 3.63) is 94.9 Å². The Balaban J connectivity index is 1.32. The summed E-state index contributed by atoms with van der Waals surface area (Å²) in [6.45, 7) is 6.21.